The van der Waals surface area contributed by atoms with Gasteiger partial charge in [-0.15, -0.1) is 0 Å². The molecule has 32 heavy (non-hydrogen) atoms. The summed E-state index contributed by atoms with van der Waals surface area (Å²) < 4.78 is 16.0. The Labute approximate surface area is 189 Å². The highest BCUT2D eigenvalue weighted by molar-refractivity contribution is 6.45. The van der Waals surface area contributed by atoms with Crippen LogP contribution in [0.25, 0.3) is 5.57 Å². The molecule has 0 atom stereocenters. The topological polar surface area (TPSA) is 68.3 Å². The van der Waals surface area contributed by atoms with Crippen molar-refractivity contribution < 1.29 is 23.8 Å². The van der Waals surface area contributed by atoms with E-state index >= 15 is 0 Å². The molecule has 0 bridgehead atoms. The number of anilines is 1. The average molecular weight is 439 g/mol. The zero-order chi connectivity index (χ0) is 23.3. The van der Waals surface area contributed by atoms with Crippen molar-refractivity contribution in [2.45, 2.75) is 13.8 Å². The van der Waals surface area contributed by atoms with Crippen molar-refractivity contribution in [1.82, 2.24) is 4.90 Å². The van der Waals surface area contributed by atoms with E-state index in [-0.39, 0.29) is 11.8 Å². The fourth-order valence-corrected chi connectivity index (χ4v) is 3.72. The second kappa shape index (κ2) is 10.4. The molecule has 2 aromatic rings. The van der Waals surface area contributed by atoms with Crippen LogP contribution in [0, 0.1) is 13.8 Å². The van der Waals surface area contributed by atoms with Crippen LogP contribution in [0.4, 0.5) is 5.69 Å². The molecule has 0 spiro atoms. The molecular formula is C25H30N2O5. The molecule has 0 N–H and O–H groups in total. The van der Waals surface area contributed by atoms with E-state index in [1.165, 1.54) is 12.0 Å². The number of imide groups is 1. The highest BCUT2D eigenvalue weighted by Crippen LogP contribution is 2.39. The Kier molecular flexibility index (Phi) is 7.66. The van der Waals surface area contributed by atoms with Crippen molar-refractivity contribution in [3.63, 3.8) is 0 Å². The van der Waals surface area contributed by atoms with Gasteiger partial charge < -0.3 is 19.1 Å². The maximum atomic E-state index is 13.8. The van der Waals surface area contributed by atoms with Crippen molar-refractivity contribution in [3.05, 3.63) is 64.9 Å². The average Bonchev–Trinajstić information content (AvgIpc) is 3.04. The molecule has 1 heterocycles. The summed E-state index contributed by atoms with van der Waals surface area (Å²) >= 11 is 0. The van der Waals surface area contributed by atoms with E-state index in [1.807, 2.05) is 49.1 Å². The van der Waals surface area contributed by atoms with Crippen LogP contribution in [0.5, 0.6) is 5.75 Å². The van der Waals surface area contributed by atoms with Gasteiger partial charge in [0.2, 0.25) is 0 Å². The monoisotopic (exact) mass is 438 g/mol. The Morgan fingerprint density at radius 3 is 1.97 bits per heavy atom. The molecule has 1 aliphatic rings. The number of hydrogen-bond donors (Lipinski definition) is 0. The quantitative estimate of drug-likeness (QED) is 0.531. The van der Waals surface area contributed by atoms with Crippen LogP contribution in [-0.4, -0.2) is 64.3 Å². The van der Waals surface area contributed by atoms with E-state index in [9.17, 15) is 9.59 Å². The lowest BCUT2D eigenvalue weighted by molar-refractivity contribution is -0.120. The predicted molar refractivity (Wildman–Crippen MR) is 124 cm³/mol. The molecule has 0 saturated carbocycles. The van der Waals surface area contributed by atoms with Crippen molar-refractivity contribution in [3.8, 4) is 5.75 Å². The fraction of sp³-hybridized carbons (Fsp3) is 0.360. The smallest absolute Gasteiger partial charge is 0.282 e. The third kappa shape index (κ3) is 4.69. The maximum absolute atomic E-state index is 13.8. The van der Waals surface area contributed by atoms with E-state index in [0.29, 0.717) is 54.6 Å². The number of nitrogens with zero attached hydrogens (tertiary/aromatic N) is 2. The van der Waals surface area contributed by atoms with E-state index in [2.05, 4.69) is 0 Å². The minimum absolute atomic E-state index is 0.344. The number of carbonyl (C=O) groups excluding carboxylic acids is 2. The predicted octanol–water partition coefficient (Wildman–Crippen LogP) is 3.19. The molecule has 0 saturated heterocycles. The summed E-state index contributed by atoms with van der Waals surface area (Å²) in [6, 6.07) is 13.0. The first-order chi connectivity index (χ1) is 15.4. The van der Waals surface area contributed by atoms with E-state index in [4.69, 9.17) is 14.2 Å². The molecule has 2 amide bonds. The van der Waals surface area contributed by atoms with Gasteiger partial charge in [-0.3, -0.25) is 9.59 Å². The summed E-state index contributed by atoms with van der Waals surface area (Å²) in [6.45, 7) is 5.60. The molecule has 1 aliphatic heterocycles. The Morgan fingerprint density at radius 2 is 1.41 bits per heavy atom. The molecule has 0 unspecified atom stereocenters. The third-order valence-corrected chi connectivity index (χ3v) is 5.42. The van der Waals surface area contributed by atoms with Gasteiger partial charge in [-0.05, 0) is 37.1 Å². The molecule has 0 radical (unpaired) electrons. The van der Waals surface area contributed by atoms with Gasteiger partial charge in [-0.1, -0.05) is 35.9 Å². The Hall–Kier alpha value is -3.16. The number of benzene rings is 2. The fourth-order valence-electron chi connectivity index (χ4n) is 3.72. The zero-order valence-electron chi connectivity index (χ0n) is 19.3. The first kappa shape index (κ1) is 23.5. The van der Waals surface area contributed by atoms with Gasteiger partial charge >= 0.3 is 0 Å². The molecule has 7 heteroatoms. The van der Waals surface area contributed by atoms with Gasteiger partial charge in [0, 0.05) is 27.3 Å². The molecule has 0 fully saturated rings. The van der Waals surface area contributed by atoms with Gasteiger partial charge in [0.1, 0.15) is 11.4 Å². The second-order valence-corrected chi connectivity index (χ2v) is 7.68. The molecule has 7 nitrogen and oxygen atoms in total. The lowest BCUT2D eigenvalue weighted by Crippen LogP contribution is -2.37. The largest absolute Gasteiger partial charge is 0.495 e. The molecule has 2 aromatic carbocycles. The first-order valence-electron chi connectivity index (χ1n) is 10.5. The second-order valence-electron chi connectivity index (χ2n) is 7.68. The van der Waals surface area contributed by atoms with Gasteiger partial charge in [0.25, 0.3) is 11.8 Å². The first-order valence-corrected chi connectivity index (χ1v) is 10.5. The van der Waals surface area contributed by atoms with Crippen molar-refractivity contribution in [1.29, 1.82) is 0 Å². The highest BCUT2D eigenvalue weighted by atomic mass is 16.5. The van der Waals surface area contributed by atoms with Crippen molar-refractivity contribution >= 4 is 23.1 Å². The van der Waals surface area contributed by atoms with E-state index in [1.54, 1.807) is 26.4 Å². The number of hydrogen-bond acceptors (Lipinski definition) is 6. The Bertz CT molecular complexity index is 1010. The van der Waals surface area contributed by atoms with Gasteiger partial charge in [0.15, 0.2) is 0 Å². The van der Waals surface area contributed by atoms with Crippen molar-refractivity contribution in [2.75, 3.05) is 52.5 Å². The third-order valence-electron chi connectivity index (χ3n) is 5.42. The van der Waals surface area contributed by atoms with E-state index < -0.39 is 0 Å². The van der Waals surface area contributed by atoms with Crippen LogP contribution in [0.2, 0.25) is 0 Å². The zero-order valence-corrected chi connectivity index (χ0v) is 19.3. The molecule has 170 valence electrons. The lowest BCUT2D eigenvalue weighted by atomic mass is 10.0. The number of methoxy groups -OCH3 is 3. The Balaban J connectivity index is 2.17. The van der Waals surface area contributed by atoms with Crippen LogP contribution >= 0.6 is 0 Å². The lowest BCUT2D eigenvalue weighted by Gasteiger charge is -2.26. The standard InChI is InChI=1S/C25H30N2O5/c1-17-6-9-19(10-7-17)22-23(26(12-14-30-3)13-15-31-4)25(29)27(24(22)28)20-16-18(2)8-11-21(20)32-5/h6-11,16H,12-15H2,1-5H3. The van der Waals surface area contributed by atoms with Crippen molar-refractivity contribution in [2.24, 2.45) is 0 Å². The highest BCUT2D eigenvalue weighted by Gasteiger charge is 2.43. The van der Waals surface area contributed by atoms with Crippen LogP contribution in [-0.2, 0) is 19.1 Å². The normalized spacial score (nSPS) is 13.8. The minimum atomic E-state index is -0.387. The van der Waals surface area contributed by atoms with Crippen LogP contribution in [0.3, 0.4) is 0 Å². The Morgan fingerprint density at radius 1 is 0.812 bits per heavy atom. The van der Waals surface area contributed by atoms with Gasteiger partial charge in [0.05, 0.1) is 31.6 Å². The number of rotatable bonds is 10. The summed E-state index contributed by atoms with van der Waals surface area (Å²) in [5, 5.41) is 0. The van der Waals surface area contributed by atoms with Gasteiger partial charge in [-0.2, -0.15) is 0 Å². The number of amides is 2. The SMILES string of the molecule is COCCN(CCOC)C1=C(c2ccc(C)cc2)C(=O)N(c2cc(C)ccc2OC)C1=O. The summed E-state index contributed by atoms with van der Waals surface area (Å²) in [4.78, 5) is 30.6. The number of ether oxygens (including phenoxy) is 3. The van der Waals surface area contributed by atoms with Crippen LogP contribution in [0.15, 0.2) is 48.2 Å². The maximum Gasteiger partial charge on any atom is 0.282 e. The summed E-state index contributed by atoms with van der Waals surface area (Å²) in [6.07, 6.45) is 0. The minimum Gasteiger partial charge on any atom is -0.495 e. The van der Waals surface area contributed by atoms with Crippen LogP contribution in [0.1, 0.15) is 16.7 Å². The number of aryl methyl sites for hydroxylation is 2. The molecule has 0 aromatic heterocycles. The summed E-state index contributed by atoms with van der Waals surface area (Å²) in [5.41, 5.74) is 3.82. The van der Waals surface area contributed by atoms with E-state index in [0.717, 1.165) is 11.1 Å². The summed E-state index contributed by atoms with van der Waals surface area (Å²) in [5.74, 6) is -0.304. The van der Waals surface area contributed by atoms with Crippen LogP contribution < -0.4 is 9.64 Å². The molecule has 0 aliphatic carbocycles. The molecule has 3 rings (SSSR count). The van der Waals surface area contributed by atoms with Gasteiger partial charge in [-0.25, -0.2) is 4.90 Å². The number of carbonyl (C=O) groups is 2. The molecular weight excluding hydrogens is 408 g/mol. The summed E-state index contributed by atoms with van der Waals surface area (Å²) in [7, 11) is 4.74.